The maximum Gasteiger partial charge on any atom is 0.416 e. The Morgan fingerprint density at radius 1 is 1.10 bits per heavy atom. The Labute approximate surface area is 124 Å². The van der Waals surface area contributed by atoms with Crippen LogP contribution in [0.5, 0.6) is 5.75 Å². The molecule has 1 aliphatic heterocycles. The van der Waals surface area contributed by atoms with Gasteiger partial charge in [-0.3, -0.25) is 0 Å². The zero-order valence-corrected chi connectivity index (χ0v) is 11.5. The van der Waals surface area contributed by atoms with E-state index < -0.39 is 11.7 Å². The number of nitrogens with one attached hydrogen (secondary N) is 1. The molecule has 1 N–H and O–H groups in total. The molecule has 1 aliphatic rings. The Morgan fingerprint density at radius 3 is 2.48 bits per heavy atom. The number of benzene rings is 2. The molecule has 0 saturated carbocycles. The predicted molar refractivity (Wildman–Crippen MR) is 74.8 cm³/mol. The van der Waals surface area contributed by atoms with Crippen LogP contribution in [0, 0.1) is 0 Å². The van der Waals surface area contributed by atoms with Gasteiger partial charge in [0.2, 0.25) is 0 Å². The van der Waals surface area contributed by atoms with Crippen LogP contribution < -0.4 is 10.1 Å². The summed E-state index contributed by atoms with van der Waals surface area (Å²) in [6.07, 6.45) is -4.68. The van der Waals surface area contributed by atoms with E-state index in [4.69, 9.17) is 16.3 Å². The van der Waals surface area contributed by atoms with Crippen molar-refractivity contribution in [1.82, 2.24) is 0 Å². The summed E-state index contributed by atoms with van der Waals surface area (Å²) in [7, 11) is 0. The van der Waals surface area contributed by atoms with Crippen LogP contribution >= 0.6 is 11.6 Å². The molecule has 2 nitrogen and oxygen atoms in total. The van der Waals surface area contributed by atoms with Gasteiger partial charge in [0.15, 0.2) is 0 Å². The number of alkyl halides is 3. The second-order valence-corrected chi connectivity index (χ2v) is 5.18. The highest BCUT2D eigenvalue weighted by Gasteiger charge is 2.30. The fraction of sp³-hybridized carbons (Fsp3) is 0.200. The largest absolute Gasteiger partial charge is 0.482 e. The maximum atomic E-state index is 12.5. The lowest BCUT2D eigenvalue weighted by Crippen LogP contribution is -2.23. The third-order valence-electron chi connectivity index (χ3n) is 3.30. The first-order valence-electron chi connectivity index (χ1n) is 6.31. The zero-order chi connectivity index (χ0) is 15.0. The van der Waals surface area contributed by atoms with Crippen LogP contribution in [-0.4, -0.2) is 6.54 Å². The Balaban J connectivity index is 1.83. The molecule has 2 aromatic rings. The standard InChI is InChI=1S/C15H11ClF3NO/c16-11-5-6-12-13(7-11)21-14(8-20-12)9-1-3-10(4-2-9)15(17,18)19/h1-7,14,20H,8H2. The molecular formula is C15H11ClF3NO. The molecule has 21 heavy (non-hydrogen) atoms. The number of halogens is 4. The van der Waals surface area contributed by atoms with E-state index in [1.807, 2.05) is 0 Å². The van der Waals surface area contributed by atoms with Gasteiger partial charge in [0.25, 0.3) is 0 Å². The van der Waals surface area contributed by atoms with E-state index in [1.54, 1.807) is 18.2 Å². The Morgan fingerprint density at radius 2 is 1.81 bits per heavy atom. The maximum absolute atomic E-state index is 12.5. The average molecular weight is 314 g/mol. The molecule has 6 heteroatoms. The van der Waals surface area contributed by atoms with Gasteiger partial charge < -0.3 is 10.1 Å². The van der Waals surface area contributed by atoms with Crippen molar-refractivity contribution in [2.45, 2.75) is 12.3 Å². The van der Waals surface area contributed by atoms with Crippen molar-refractivity contribution in [3.63, 3.8) is 0 Å². The number of hydrogen-bond acceptors (Lipinski definition) is 2. The summed E-state index contributed by atoms with van der Waals surface area (Å²) in [4.78, 5) is 0. The van der Waals surface area contributed by atoms with Crippen LogP contribution in [0.1, 0.15) is 17.2 Å². The van der Waals surface area contributed by atoms with Crippen molar-refractivity contribution in [2.24, 2.45) is 0 Å². The lowest BCUT2D eigenvalue weighted by Gasteiger charge is -2.28. The van der Waals surface area contributed by atoms with Crippen molar-refractivity contribution in [3.8, 4) is 5.75 Å². The molecular weight excluding hydrogens is 303 g/mol. The van der Waals surface area contributed by atoms with E-state index in [0.29, 0.717) is 22.9 Å². The second kappa shape index (κ2) is 5.15. The molecule has 0 radical (unpaired) electrons. The quantitative estimate of drug-likeness (QED) is 0.808. The van der Waals surface area contributed by atoms with Gasteiger partial charge in [-0.15, -0.1) is 0 Å². The number of anilines is 1. The van der Waals surface area contributed by atoms with E-state index in [-0.39, 0.29) is 6.10 Å². The van der Waals surface area contributed by atoms with Crippen LogP contribution in [0.3, 0.4) is 0 Å². The molecule has 0 fully saturated rings. The highest BCUT2D eigenvalue weighted by molar-refractivity contribution is 6.30. The molecule has 1 atom stereocenters. The Bertz CT molecular complexity index is 655. The number of ether oxygens (including phenoxy) is 1. The van der Waals surface area contributed by atoms with Crippen molar-refractivity contribution >= 4 is 17.3 Å². The van der Waals surface area contributed by atoms with Gasteiger partial charge in [-0.1, -0.05) is 23.7 Å². The molecule has 0 amide bonds. The first-order chi connectivity index (χ1) is 9.93. The van der Waals surface area contributed by atoms with E-state index in [1.165, 1.54) is 12.1 Å². The fourth-order valence-electron chi connectivity index (χ4n) is 2.21. The lowest BCUT2D eigenvalue weighted by atomic mass is 10.1. The zero-order valence-electron chi connectivity index (χ0n) is 10.7. The third kappa shape index (κ3) is 2.93. The van der Waals surface area contributed by atoms with Gasteiger partial charge in [0, 0.05) is 11.1 Å². The van der Waals surface area contributed by atoms with Crippen LogP contribution in [0.2, 0.25) is 5.02 Å². The minimum absolute atomic E-state index is 0.349. The van der Waals surface area contributed by atoms with Crippen molar-refractivity contribution < 1.29 is 17.9 Å². The van der Waals surface area contributed by atoms with Crippen LogP contribution in [0.25, 0.3) is 0 Å². The monoisotopic (exact) mass is 313 g/mol. The molecule has 0 spiro atoms. The van der Waals surface area contributed by atoms with E-state index in [9.17, 15) is 13.2 Å². The van der Waals surface area contributed by atoms with E-state index in [2.05, 4.69) is 5.32 Å². The lowest BCUT2D eigenvalue weighted by molar-refractivity contribution is -0.137. The highest BCUT2D eigenvalue weighted by Crippen LogP contribution is 2.37. The summed E-state index contributed by atoms with van der Waals surface area (Å²) < 4.78 is 43.4. The molecule has 3 rings (SSSR count). The molecule has 1 unspecified atom stereocenters. The van der Waals surface area contributed by atoms with Crippen LogP contribution in [0.15, 0.2) is 42.5 Å². The second-order valence-electron chi connectivity index (χ2n) is 4.75. The van der Waals surface area contributed by atoms with Crippen LogP contribution in [-0.2, 0) is 6.18 Å². The minimum atomic E-state index is -4.33. The summed E-state index contributed by atoms with van der Waals surface area (Å²) in [5.74, 6) is 0.596. The number of fused-ring (bicyclic) bond motifs is 1. The smallest absolute Gasteiger partial charge is 0.416 e. The van der Waals surface area contributed by atoms with Crippen molar-refractivity contribution in [1.29, 1.82) is 0 Å². The van der Waals surface area contributed by atoms with Gasteiger partial charge in [0.05, 0.1) is 17.8 Å². The van der Waals surface area contributed by atoms with Gasteiger partial charge in [-0.25, -0.2) is 0 Å². The first-order valence-corrected chi connectivity index (χ1v) is 6.68. The molecule has 0 saturated heterocycles. The normalized spacial score (nSPS) is 17.6. The molecule has 2 aromatic carbocycles. The van der Waals surface area contributed by atoms with Gasteiger partial charge >= 0.3 is 6.18 Å². The summed E-state index contributed by atoms with van der Waals surface area (Å²) in [5, 5.41) is 3.72. The van der Waals surface area contributed by atoms with E-state index in [0.717, 1.165) is 17.8 Å². The predicted octanol–water partition coefficient (Wildman–Crippen LogP) is 4.90. The van der Waals surface area contributed by atoms with Crippen molar-refractivity contribution in [2.75, 3.05) is 11.9 Å². The van der Waals surface area contributed by atoms with Gasteiger partial charge in [-0.2, -0.15) is 13.2 Å². The number of hydrogen-bond donors (Lipinski definition) is 1. The van der Waals surface area contributed by atoms with E-state index >= 15 is 0 Å². The Kier molecular flexibility index (Phi) is 3.45. The van der Waals surface area contributed by atoms with Crippen LogP contribution in [0.4, 0.5) is 18.9 Å². The SMILES string of the molecule is FC(F)(F)c1ccc(C2CNc3ccc(Cl)cc3O2)cc1. The topological polar surface area (TPSA) is 21.3 Å². The summed E-state index contributed by atoms with van der Waals surface area (Å²) in [6, 6.07) is 10.2. The highest BCUT2D eigenvalue weighted by atomic mass is 35.5. The molecule has 110 valence electrons. The summed E-state index contributed by atoms with van der Waals surface area (Å²) >= 11 is 5.91. The molecule has 0 aliphatic carbocycles. The third-order valence-corrected chi connectivity index (χ3v) is 3.54. The minimum Gasteiger partial charge on any atom is -0.482 e. The summed E-state index contributed by atoms with van der Waals surface area (Å²) in [5.41, 5.74) is 0.835. The van der Waals surface area contributed by atoms with Crippen molar-refractivity contribution in [3.05, 3.63) is 58.6 Å². The molecule has 0 aromatic heterocycles. The molecule has 0 bridgehead atoms. The Hall–Kier alpha value is -1.88. The number of rotatable bonds is 1. The van der Waals surface area contributed by atoms with Gasteiger partial charge in [-0.05, 0) is 29.8 Å². The van der Waals surface area contributed by atoms with Gasteiger partial charge in [0.1, 0.15) is 11.9 Å². The fourth-order valence-corrected chi connectivity index (χ4v) is 2.37. The average Bonchev–Trinajstić information content (AvgIpc) is 2.45. The first kappa shape index (κ1) is 14.1. The molecule has 1 heterocycles. The summed E-state index contributed by atoms with van der Waals surface area (Å²) in [6.45, 7) is 0.486.